The quantitative estimate of drug-likeness (QED) is 0.921. The first-order valence-corrected chi connectivity index (χ1v) is 6.33. The fraction of sp³-hybridized carbons (Fsp3) is 0.500. The first kappa shape index (κ1) is 16.0. The molecule has 0 saturated carbocycles. The predicted octanol–water partition coefficient (Wildman–Crippen LogP) is 1.82. The monoisotopic (exact) mass is 284 g/mol. The number of hydrogen-bond donors (Lipinski definition) is 1. The van der Waals surface area contributed by atoms with Gasteiger partial charge in [0.1, 0.15) is 0 Å². The summed E-state index contributed by atoms with van der Waals surface area (Å²) in [6.07, 6.45) is 2.01. The van der Waals surface area contributed by atoms with E-state index in [-0.39, 0.29) is 24.4 Å². The fourth-order valence-corrected chi connectivity index (χ4v) is 2.29. The van der Waals surface area contributed by atoms with Gasteiger partial charge in [-0.3, -0.25) is 4.79 Å². The third-order valence-electron chi connectivity index (χ3n) is 3.26. The molecule has 1 aromatic carbocycles. The van der Waals surface area contributed by atoms with Crippen LogP contribution in [0.4, 0.5) is 0 Å². The molecular weight excluding hydrogens is 264 g/mol. The fourth-order valence-electron chi connectivity index (χ4n) is 2.29. The second-order valence-corrected chi connectivity index (χ2v) is 4.78. The highest BCUT2D eigenvalue weighted by Gasteiger charge is 2.21. The number of nitrogens with zero attached hydrogens (tertiary/aromatic N) is 1. The van der Waals surface area contributed by atoms with Gasteiger partial charge in [-0.2, -0.15) is 0 Å². The first-order valence-electron chi connectivity index (χ1n) is 6.33. The van der Waals surface area contributed by atoms with E-state index in [1.165, 1.54) is 0 Å². The Morgan fingerprint density at radius 1 is 1.42 bits per heavy atom. The molecule has 1 aliphatic rings. The first-order chi connectivity index (χ1) is 8.70. The Balaban J connectivity index is 0.00000180. The molecule has 1 aromatic rings. The highest BCUT2D eigenvalue weighted by Crippen LogP contribution is 2.13. The Hall–Kier alpha value is -1.10. The number of nitrogens with two attached hydrogens (primary N) is 1. The molecule has 0 aromatic heterocycles. The maximum Gasteiger partial charge on any atom is 0.253 e. The van der Waals surface area contributed by atoms with E-state index in [1.54, 1.807) is 7.11 Å². The summed E-state index contributed by atoms with van der Waals surface area (Å²) in [7, 11) is 1.66. The van der Waals surface area contributed by atoms with Crippen LogP contribution in [0.3, 0.4) is 0 Å². The maximum absolute atomic E-state index is 12.3. The van der Waals surface area contributed by atoms with Crippen molar-refractivity contribution in [2.45, 2.75) is 25.5 Å². The SMILES string of the molecule is COCc1ccc(C(=O)N2CCCC(N)C2)cc1.Cl. The second kappa shape index (κ2) is 7.48. The molecule has 2 rings (SSSR count). The van der Waals surface area contributed by atoms with Gasteiger partial charge >= 0.3 is 0 Å². The summed E-state index contributed by atoms with van der Waals surface area (Å²) in [6.45, 7) is 2.05. The summed E-state index contributed by atoms with van der Waals surface area (Å²) >= 11 is 0. The summed E-state index contributed by atoms with van der Waals surface area (Å²) in [5, 5.41) is 0. The van der Waals surface area contributed by atoms with Crippen molar-refractivity contribution in [3.05, 3.63) is 35.4 Å². The number of likely N-dealkylation sites (tertiary alicyclic amines) is 1. The van der Waals surface area contributed by atoms with Crippen LogP contribution in [0.1, 0.15) is 28.8 Å². The minimum Gasteiger partial charge on any atom is -0.380 e. The van der Waals surface area contributed by atoms with E-state index in [2.05, 4.69) is 0 Å². The van der Waals surface area contributed by atoms with Crippen LogP contribution in [0.2, 0.25) is 0 Å². The van der Waals surface area contributed by atoms with Crippen molar-refractivity contribution < 1.29 is 9.53 Å². The lowest BCUT2D eigenvalue weighted by atomic mass is 10.0. The van der Waals surface area contributed by atoms with Gasteiger partial charge in [-0.15, -0.1) is 12.4 Å². The topological polar surface area (TPSA) is 55.6 Å². The number of methoxy groups -OCH3 is 1. The zero-order valence-corrected chi connectivity index (χ0v) is 12.0. The summed E-state index contributed by atoms with van der Waals surface area (Å²) in [5.41, 5.74) is 7.69. The minimum atomic E-state index is 0. The normalized spacial score (nSPS) is 18.8. The molecule has 1 saturated heterocycles. The van der Waals surface area contributed by atoms with Gasteiger partial charge in [0.2, 0.25) is 0 Å². The Labute approximate surface area is 120 Å². The summed E-state index contributed by atoms with van der Waals surface area (Å²) in [6, 6.07) is 7.70. The van der Waals surface area contributed by atoms with Crippen LogP contribution in [0.15, 0.2) is 24.3 Å². The highest BCUT2D eigenvalue weighted by atomic mass is 35.5. The van der Waals surface area contributed by atoms with Gasteiger partial charge in [0, 0.05) is 31.8 Å². The number of halogens is 1. The molecule has 1 atom stereocenters. The number of hydrogen-bond acceptors (Lipinski definition) is 3. The van der Waals surface area contributed by atoms with Crippen LogP contribution in [0.5, 0.6) is 0 Å². The molecule has 0 bridgehead atoms. The Kier molecular flexibility index (Phi) is 6.28. The Morgan fingerprint density at radius 2 is 2.11 bits per heavy atom. The number of amides is 1. The van der Waals surface area contributed by atoms with Crippen molar-refractivity contribution in [2.75, 3.05) is 20.2 Å². The van der Waals surface area contributed by atoms with Crippen LogP contribution in [-0.2, 0) is 11.3 Å². The van der Waals surface area contributed by atoms with Crippen LogP contribution < -0.4 is 5.73 Å². The van der Waals surface area contributed by atoms with Crippen molar-refractivity contribution in [2.24, 2.45) is 5.73 Å². The number of rotatable bonds is 3. The molecule has 1 heterocycles. The number of carbonyl (C=O) groups is 1. The molecule has 4 nitrogen and oxygen atoms in total. The van der Waals surface area contributed by atoms with Gasteiger partial charge in [0.15, 0.2) is 0 Å². The summed E-state index contributed by atoms with van der Waals surface area (Å²) < 4.78 is 5.05. The molecular formula is C14H21ClN2O2. The Bertz CT molecular complexity index is 408. The van der Waals surface area contributed by atoms with Crippen LogP contribution in [0.25, 0.3) is 0 Å². The minimum absolute atomic E-state index is 0. The van der Waals surface area contributed by atoms with Crippen molar-refractivity contribution in [3.63, 3.8) is 0 Å². The number of ether oxygens (including phenoxy) is 1. The predicted molar refractivity (Wildman–Crippen MR) is 77.5 cm³/mol. The molecule has 1 aliphatic heterocycles. The van der Waals surface area contributed by atoms with Crippen molar-refractivity contribution in [3.8, 4) is 0 Å². The molecule has 106 valence electrons. The molecule has 0 radical (unpaired) electrons. The number of piperidine rings is 1. The molecule has 0 aliphatic carbocycles. The molecule has 5 heteroatoms. The van der Waals surface area contributed by atoms with Crippen molar-refractivity contribution >= 4 is 18.3 Å². The van der Waals surface area contributed by atoms with Gasteiger partial charge in [0.05, 0.1) is 6.61 Å². The summed E-state index contributed by atoms with van der Waals surface area (Å²) in [4.78, 5) is 14.1. The van der Waals surface area contributed by atoms with E-state index in [9.17, 15) is 4.79 Å². The average Bonchev–Trinajstić information content (AvgIpc) is 2.39. The standard InChI is InChI=1S/C14H20N2O2.ClH/c1-18-10-11-4-6-12(7-5-11)14(17)16-8-2-3-13(15)9-16;/h4-7,13H,2-3,8-10,15H2,1H3;1H. The smallest absolute Gasteiger partial charge is 0.253 e. The van der Waals surface area contributed by atoms with Crippen molar-refractivity contribution in [1.82, 2.24) is 4.90 Å². The lowest BCUT2D eigenvalue weighted by Crippen LogP contribution is -2.45. The van der Waals surface area contributed by atoms with E-state index >= 15 is 0 Å². The Morgan fingerprint density at radius 3 is 2.68 bits per heavy atom. The van der Waals surface area contributed by atoms with E-state index in [0.717, 1.165) is 30.5 Å². The molecule has 1 fully saturated rings. The number of benzene rings is 1. The largest absolute Gasteiger partial charge is 0.380 e. The van der Waals surface area contributed by atoms with Crippen molar-refractivity contribution in [1.29, 1.82) is 0 Å². The van der Waals surface area contributed by atoms with Gasteiger partial charge in [0.25, 0.3) is 5.91 Å². The summed E-state index contributed by atoms with van der Waals surface area (Å²) in [5.74, 6) is 0.0779. The van der Waals surface area contributed by atoms with E-state index in [0.29, 0.717) is 13.2 Å². The van der Waals surface area contributed by atoms with Crippen LogP contribution in [-0.4, -0.2) is 37.0 Å². The lowest BCUT2D eigenvalue weighted by molar-refractivity contribution is 0.0708. The van der Waals surface area contributed by atoms with Gasteiger partial charge in [-0.1, -0.05) is 12.1 Å². The molecule has 1 unspecified atom stereocenters. The molecule has 0 spiro atoms. The third-order valence-corrected chi connectivity index (χ3v) is 3.26. The van der Waals surface area contributed by atoms with Gasteiger partial charge in [-0.05, 0) is 30.5 Å². The molecule has 19 heavy (non-hydrogen) atoms. The number of carbonyl (C=O) groups excluding carboxylic acids is 1. The lowest BCUT2D eigenvalue weighted by Gasteiger charge is -2.30. The zero-order chi connectivity index (χ0) is 13.0. The second-order valence-electron chi connectivity index (χ2n) is 4.78. The van der Waals surface area contributed by atoms with Crippen LogP contribution >= 0.6 is 12.4 Å². The highest BCUT2D eigenvalue weighted by molar-refractivity contribution is 5.94. The molecule has 2 N–H and O–H groups in total. The van der Waals surface area contributed by atoms with Crippen LogP contribution in [0, 0.1) is 0 Å². The average molecular weight is 285 g/mol. The van der Waals surface area contributed by atoms with E-state index < -0.39 is 0 Å². The van der Waals surface area contributed by atoms with Gasteiger partial charge < -0.3 is 15.4 Å². The maximum atomic E-state index is 12.3. The van der Waals surface area contributed by atoms with E-state index in [1.807, 2.05) is 29.2 Å². The molecule has 1 amide bonds. The van der Waals surface area contributed by atoms with E-state index in [4.69, 9.17) is 10.5 Å². The zero-order valence-electron chi connectivity index (χ0n) is 11.2. The third kappa shape index (κ3) is 4.20. The van der Waals surface area contributed by atoms with Gasteiger partial charge in [-0.25, -0.2) is 0 Å².